The number of carboxylic acid groups (broad SMARTS) is 1. The van der Waals surface area contributed by atoms with Crippen LogP contribution in [0, 0.1) is 5.41 Å². The number of aliphatic carboxylic acids is 1. The van der Waals surface area contributed by atoms with E-state index in [1.807, 2.05) is 20.8 Å². The SMILES string of the molecule is CC(C)(C)C(=O)CCCCCN1C(=O)CC(SCC(N)C(=O)O)C1=O. The molecule has 0 radical (unpaired) electrons. The lowest BCUT2D eigenvalue weighted by molar-refractivity contribution is -0.139. The van der Waals surface area contributed by atoms with Gasteiger partial charge in [-0.15, -0.1) is 11.8 Å². The fourth-order valence-corrected chi connectivity index (χ4v) is 3.53. The highest BCUT2D eigenvalue weighted by Crippen LogP contribution is 2.26. The predicted molar refractivity (Wildman–Crippen MR) is 96.1 cm³/mol. The van der Waals surface area contributed by atoms with Crippen molar-refractivity contribution in [2.75, 3.05) is 12.3 Å². The second-order valence-corrected chi connectivity index (χ2v) is 8.57. The van der Waals surface area contributed by atoms with Crippen molar-refractivity contribution in [1.29, 1.82) is 0 Å². The zero-order valence-corrected chi connectivity index (χ0v) is 15.9. The minimum absolute atomic E-state index is 0.0956. The molecule has 1 rings (SSSR count). The van der Waals surface area contributed by atoms with Crippen LogP contribution in [0.4, 0.5) is 0 Å². The van der Waals surface area contributed by atoms with Crippen molar-refractivity contribution in [3.8, 4) is 0 Å². The number of likely N-dealkylation sites (tertiary alicyclic amines) is 1. The van der Waals surface area contributed by atoms with E-state index in [1.165, 1.54) is 4.90 Å². The average Bonchev–Trinajstić information content (AvgIpc) is 2.78. The second-order valence-electron chi connectivity index (χ2n) is 7.34. The number of unbranched alkanes of at least 4 members (excludes halogenated alkanes) is 2. The summed E-state index contributed by atoms with van der Waals surface area (Å²) in [7, 11) is 0. The minimum atomic E-state index is -1.12. The third-order valence-electron chi connectivity index (χ3n) is 4.12. The molecule has 142 valence electrons. The number of imide groups is 1. The smallest absolute Gasteiger partial charge is 0.321 e. The molecule has 1 heterocycles. The molecule has 0 bridgehead atoms. The number of ketones is 1. The summed E-state index contributed by atoms with van der Waals surface area (Å²) in [5, 5.41) is 8.22. The number of nitrogens with two attached hydrogens (primary N) is 1. The van der Waals surface area contributed by atoms with Gasteiger partial charge < -0.3 is 10.8 Å². The maximum absolute atomic E-state index is 12.2. The van der Waals surface area contributed by atoms with Crippen molar-refractivity contribution in [2.24, 2.45) is 11.1 Å². The van der Waals surface area contributed by atoms with E-state index in [1.54, 1.807) is 0 Å². The Kier molecular flexibility index (Phi) is 8.08. The van der Waals surface area contributed by atoms with Crippen LogP contribution in [0.5, 0.6) is 0 Å². The van der Waals surface area contributed by atoms with Crippen molar-refractivity contribution in [1.82, 2.24) is 4.90 Å². The lowest BCUT2D eigenvalue weighted by Gasteiger charge is -2.17. The maximum atomic E-state index is 12.2. The van der Waals surface area contributed by atoms with E-state index >= 15 is 0 Å². The van der Waals surface area contributed by atoms with Crippen LogP contribution in [-0.2, 0) is 19.2 Å². The van der Waals surface area contributed by atoms with Gasteiger partial charge in [0.2, 0.25) is 11.8 Å². The van der Waals surface area contributed by atoms with E-state index in [9.17, 15) is 19.2 Å². The zero-order chi connectivity index (χ0) is 19.2. The molecule has 1 aliphatic heterocycles. The molecule has 2 unspecified atom stereocenters. The van der Waals surface area contributed by atoms with E-state index in [4.69, 9.17) is 10.8 Å². The molecule has 25 heavy (non-hydrogen) atoms. The standard InChI is InChI=1S/C17H28N2O5S/c1-17(2,3)13(20)7-5-4-6-8-19-14(21)9-12(15(19)22)25-10-11(18)16(23)24/h11-12H,4-10,18H2,1-3H3,(H,23,24). The fourth-order valence-electron chi connectivity index (χ4n) is 2.42. The molecule has 8 heteroatoms. The number of rotatable bonds is 10. The fraction of sp³-hybridized carbons (Fsp3) is 0.765. The van der Waals surface area contributed by atoms with Crippen LogP contribution in [0.1, 0.15) is 52.9 Å². The average molecular weight is 372 g/mol. The Hall–Kier alpha value is -1.41. The number of hydrogen-bond acceptors (Lipinski definition) is 6. The normalized spacial score (nSPS) is 19.4. The molecule has 1 saturated heterocycles. The first kappa shape index (κ1) is 21.6. The van der Waals surface area contributed by atoms with E-state index in [-0.39, 0.29) is 35.2 Å². The molecular weight excluding hydrogens is 344 g/mol. The number of carboxylic acids is 1. The molecule has 1 aliphatic rings. The Morgan fingerprint density at radius 2 is 1.92 bits per heavy atom. The summed E-state index contributed by atoms with van der Waals surface area (Å²) < 4.78 is 0. The van der Waals surface area contributed by atoms with Crippen LogP contribution in [-0.4, -0.2) is 57.2 Å². The Balaban J connectivity index is 2.32. The molecule has 7 nitrogen and oxygen atoms in total. The van der Waals surface area contributed by atoms with E-state index in [2.05, 4.69) is 0 Å². The molecule has 0 aromatic heterocycles. The summed E-state index contributed by atoms with van der Waals surface area (Å²) in [6.45, 7) is 6.03. The van der Waals surface area contributed by atoms with E-state index in [0.29, 0.717) is 19.4 Å². The van der Waals surface area contributed by atoms with Gasteiger partial charge in [-0.05, 0) is 12.8 Å². The second kappa shape index (κ2) is 9.33. The largest absolute Gasteiger partial charge is 0.480 e. The van der Waals surface area contributed by atoms with Crippen LogP contribution < -0.4 is 5.73 Å². The highest BCUT2D eigenvalue weighted by molar-refractivity contribution is 8.00. The molecule has 3 N–H and O–H groups in total. The molecule has 2 atom stereocenters. The molecule has 0 saturated carbocycles. The van der Waals surface area contributed by atoms with Crippen molar-refractivity contribution >= 4 is 35.3 Å². The summed E-state index contributed by atoms with van der Waals surface area (Å²) in [6.07, 6.45) is 2.80. The van der Waals surface area contributed by atoms with Gasteiger partial charge in [0.25, 0.3) is 0 Å². The van der Waals surface area contributed by atoms with E-state index in [0.717, 1.165) is 24.6 Å². The van der Waals surface area contributed by atoms with Gasteiger partial charge in [0.15, 0.2) is 0 Å². The third-order valence-corrected chi connectivity index (χ3v) is 5.44. The summed E-state index contributed by atoms with van der Waals surface area (Å²) in [5.74, 6) is -1.30. The molecule has 0 aliphatic carbocycles. The maximum Gasteiger partial charge on any atom is 0.321 e. The minimum Gasteiger partial charge on any atom is -0.480 e. The first-order valence-electron chi connectivity index (χ1n) is 8.51. The predicted octanol–water partition coefficient (Wildman–Crippen LogP) is 1.43. The highest BCUT2D eigenvalue weighted by atomic mass is 32.2. The van der Waals surface area contributed by atoms with Gasteiger partial charge in [-0.3, -0.25) is 24.1 Å². The lowest BCUT2D eigenvalue weighted by Crippen LogP contribution is -2.35. The first-order chi connectivity index (χ1) is 11.5. The summed E-state index contributed by atoms with van der Waals surface area (Å²) in [5.41, 5.74) is 5.09. The number of hydrogen-bond donors (Lipinski definition) is 2. The number of carbonyl (C=O) groups excluding carboxylic acids is 3. The summed E-state index contributed by atoms with van der Waals surface area (Å²) in [4.78, 5) is 48.0. The first-order valence-corrected chi connectivity index (χ1v) is 9.56. The Morgan fingerprint density at radius 1 is 1.28 bits per heavy atom. The molecule has 2 amide bonds. The third kappa shape index (κ3) is 6.78. The molecule has 0 aromatic carbocycles. The van der Waals surface area contributed by atoms with Gasteiger partial charge in [-0.1, -0.05) is 27.2 Å². The van der Waals surface area contributed by atoms with Crippen LogP contribution in [0.2, 0.25) is 0 Å². The molecular formula is C17H28N2O5S. The van der Waals surface area contributed by atoms with Gasteiger partial charge in [0.1, 0.15) is 11.8 Å². The van der Waals surface area contributed by atoms with Crippen molar-refractivity contribution in [3.05, 3.63) is 0 Å². The van der Waals surface area contributed by atoms with Crippen LogP contribution >= 0.6 is 11.8 Å². The van der Waals surface area contributed by atoms with Crippen molar-refractivity contribution in [3.63, 3.8) is 0 Å². The monoisotopic (exact) mass is 372 g/mol. The molecule has 1 fully saturated rings. The topological polar surface area (TPSA) is 118 Å². The number of amides is 2. The molecule has 0 aromatic rings. The Labute approximate surface area is 152 Å². The summed E-state index contributed by atoms with van der Waals surface area (Å²) >= 11 is 1.12. The lowest BCUT2D eigenvalue weighted by atomic mass is 9.88. The van der Waals surface area contributed by atoms with Crippen LogP contribution in [0.25, 0.3) is 0 Å². The number of Topliss-reactive ketones (excluding diaryl/α,β-unsaturated/α-hetero) is 1. The van der Waals surface area contributed by atoms with Gasteiger partial charge in [-0.2, -0.15) is 0 Å². The Bertz CT molecular complexity index is 530. The zero-order valence-electron chi connectivity index (χ0n) is 15.1. The molecule has 0 spiro atoms. The van der Waals surface area contributed by atoms with Crippen molar-refractivity contribution in [2.45, 2.75) is 64.2 Å². The van der Waals surface area contributed by atoms with Gasteiger partial charge in [0, 0.05) is 30.6 Å². The quantitative estimate of drug-likeness (QED) is 0.440. The number of carbonyl (C=O) groups is 4. The number of thioether (sulfide) groups is 1. The highest BCUT2D eigenvalue weighted by Gasteiger charge is 2.38. The van der Waals surface area contributed by atoms with Crippen molar-refractivity contribution < 1.29 is 24.3 Å². The van der Waals surface area contributed by atoms with Gasteiger partial charge >= 0.3 is 5.97 Å². The van der Waals surface area contributed by atoms with Crippen LogP contribution in [0.3, 0.4) is 0 Å². The summed E-state index contributed by atoms with van der Waals surface area (Å²) in [6, 6.07) is -1.04. The Morgan fingerprint density at radius 3 is 2.48 bits per heavy atom. The van der Waals surface area contributed by atoms with Crippen LogP contribution in [0.15, 0.2) is 0 Å². The van der Waals surface area contributed by atoms with Gasteiger partial charge in [0.05, 0.1) is 5.25 Å². The van der Waals surface area contributed by atoms with Gasteiger partial charge in [-0.25, -0.2) is 0 Å². The van der Waals surface area contributed by atoms with E-state index < -0.39 is 17.3 Å². The number of nitrogens with zero attached hydrogens (tertiary/aromatic N) is 1.